The number of hydrogen-bond donors (Lipinski definition) is 1. The Kier molecular flexibility index (Phi) is 3.60. The Morgan fingerprint density at radius 3 is 2.81 bits per heavy atom. The van der Waals surface area contributed by atoms with Crippen molar-refractivity contribution in [3.8, 4) is 11.5 Å². The van der Waals surface area contributed by atoms with Gasteiger partial charge in [0.15, 0.2) is 0 Å². The summed E-state index contributed by atoms with van der Waals surface area (Å²) in [7, 11) is 1.61. The molecule has 2 heterocycles. The average molecular weight is 293 g/mol. The SMILES string of the molecule is COC1(c2noc(-c3cc(F)ccc3N)n2)CCOCC1. The van der Waals surface area contributed by atoms with Crippen LogP contribution in [-0.2, 0) is 15.1 Å². The van der Waals surface area contributed by atoms with E-state index in [0.717, 1.165) is 0 Å². The molecular formula is C14H16FN3O3. The lowest BCUT2D eigenvalue weighted by Crippen LogP contribution is -2.36. The van der Waals surface area contributed by atoms with Crippen LogP contribution >= 0.6 is 0 Å². The van der Waals surface area contributed by atoms with E-state index >= 15 is 0 Å². The summed E-state index contributed by atoms with van der Waals surface area (Å²) in [6, 6.07) is 4.02. The van der Waals surface area contributed by atoms with Gasteiger partial charge in [-0.1, -0.05) is 5.16 Å². The molecule has 2 N–H and O–H groups in total. The maximum absolute atomic E-state index is 13.3. The van der Waals surface area contributed by atoms with Crippen LogP contribution in [0.25, 0.3) is 11.5 Å². The first-order valence-electron chi connectivity index (χ1n) is 6.67. The van der Waals surface area contributed by atoms with Gasteiger partial charge in [0.2, 0.25) is 5.82 Å². The summed E-state index contributed by atoms with van der Waals surface area (Å²) < 4.78 is 29.5. The zero-order chi connectivity index (χ0) is 14.9. The van der Waals surface area contributed by atoms with Crippen molar-refractivity contribution in [3.05, 3.63) is 29.8 Å². The molecule has 112 valence electrons. The first-order chi connectivity index (χ1) is 10.1. The lowest BCUT2D eigenvalue weighted by atomic mass is 9.93. The number of halogens is 1. The molecule has 21 heavy (non-hydrogen) atoms. The van der Waals surface area contributed by atoms with Crippen molar-refractivity contribution in [2.75, 3.05) is 26.1 Å². The molecule has 0 radical (unpaired) electrons. The number of rotatable bonds is 3. The van der Waals surface area contributed by atoms with Crippen LogP contribution in [0.4, 0.5) is 10.1 Å². The summed E-state index contributed by atoms with van der Waals surface area (Å²) in [6.07, 6.45) is 1.28. The average Bonchev–Trinajstić information content (AvgIpc) is 3.00. The first kappa shape index (κ1) is 14.0. The number of hydrogen-bond acceptors (Lipinski definition) is 6. The van der Waals surface area contributed by atoms with Gasteiger partial charge in [0, 0.05) is 38.9 Å². The smallest absolute Gasteiger partial charge is 0.260 e. The van der Waals surface area contributed by atoms with E-state index in [0.29, 0.717) is 43.1 Å². The topological polar surface area (TPSA) is 83.4 Å². The molecule has 0 spiro atoms. The quantitative estimate of drug-likeness (QED) is 0.873. The molecule has 7 heteroatoms. The molecule has 3 rings (SSSR count). The maximum Gasteiger partial charge on any atom is 0.260 e. The second-order valence-electron chi connectivity index (χ2n) is 4.97. The standard InChI is InChI=1S/C14H16FN3O3/c1-19-14(4-6-20-7-5-14)13-17-12(21-18-13)10-8-9(15)2-3-11(10)16/h2-3,8H,4-7,16H2,1H3. The number of aromatic nitrogens is 2. The van der Waals surface area contributed by atoms with Gasteiger partial charge in [-0.05, 0) is 18.2 Å². The zero-order valence-corrected chi connectivity index (χ0v) is 11.6. The molecule has 1 saturated heterocycles. The molecule has 1 fully saturated rings. The van der Waals surface area contributed by atoms with E-state index < -0.39 is 11.4 Å². The van der Waals surface area contributed by atoms with Crippen LogP contribution in [0, 0.1) is 5.82 Å². The van der Waals surface area contributed by atoms with Gasteiger partial charge in [-0.2, -0.15) is 4.98 Å². The number of benzene rings is 1. The molecule has 1 aliphatic heterocycles. The van der Waals surface area contributed by atoms with E-state index in [-0.39, 0.29) is 5.89 Å². The molecule has 0 atom stereocenters. The third kappa shape index (κ3) is 2.50. The van der Waals surface area contributed by atoms with Crippen molar-refractivity contribution in [1.29, 1.82) is 0 Å². The number of nitrogen functional groups attached to an aromatic ring is 1. The lowest BCUT2D eigenvalue weighted by molar-refractivity contribution is -0.101. The van der Waals surface area contributed by atoms with E-state index in [1.165, 1.54) is 18.2 Å². The van der Waals surface area contributed by atoms with Crippen molar-refractivity contribution in [3.63, 3.8) is 0 Å². The van der Waals surface area contributed by atoms with Crippen LogP contribution < -0.4 is 5.73 Å². The fraction of sp³-hybridized carbons (Fsp3) is 0.429. The van der Waals surface area contributed by atoms with Gasteiger partial charge in [-0.15, -0.1) is 0 Å². The minimum atomic E-state index is -0.623. The third-order valence-corrected chi connectivity index (χ3v) is 3.77. The molecule has 0 unspecified atom stereocenters. The number of ether oxygens (including phenoxy) is 2. The fourth-order valence-corrected chi connectivity index (χ4v) is 2.45. The highest BCUT2D eigenvalue weighted by atomic mass is 19.1. The number of methoxy groups -OCH3 is 1. The highest BCUT2D eigenvalue weighted by Gasteiger charge is 2.39. The van der Waals surface area contributed by atoms with E-state index in [4.69, 9.17) is 19.7 Å². The van der Waals surface area contributed by atoms with Crippen molar-refractivity contribution >= 4 is 5.69 Å². The Labute approximate surface area is 121 Å². The minimum Gasteiger partial charge on any atom is -0.398 e. The molecule has 1 aromatic heterocycles. The Balaban J connectivity index is 1.97. The van der Waals surface area contributed by atoms with Gasteiger partial charge < -0.3 is 19.7 Å². The Bertz CT molecular complexity index is 638. The fourth-order valence-electron chi connectivity index (χ4n) is 2.45. The van der Waals surface area contributed by atoms with Gasteiger partial charge in [-0.25, -0.2) is 4.39 Å². The summed E-state index contributed by atoms with van der Waals surface area (Å²) in [5.74, 6) is 0.211. The Morgan fingerprint density at radius 2 is 2.10 bits per heavy atom. The highest BCUT2D eigenvalue weighted by molar-refractivity contribution is 5.70. The predicted octanol–water partition coefficient (Wildman–Crippen LogP) is 2.11. The van der Waals surface area contributed by atoms with Gasteiger partial charge in [0.25, 0.3) is 5.89 Å². The predicted molar refractivity (Wildman–Crippen MR) is 72.8 cm³/mol. The van der Waals surface area contributed by atoms with E-state index in [1.807, 2.05) is 0 Å². The maximum atomic E-state index is 13.3. The van der Waals surface area contributed by atoms with Crippen LogP contribution in [0.3, 0.4) is 0 Å². The molecular weight excluding hydrogens is 277 g/mol. The van der Waals surface area contributed by atoms with Crippen LogP contribution in [0.1, 0.15) is 18.7 Å². The second kappa shape index (κ2) is 5.42. The second-order valence-corrected chi connectivity index (χ2v) is 4.97. The van der Waals surface area contributed by atoms with Gasteiger partial charge in [-0.3, -0.25) is 0 Å². The van der Waals surface area contributed by atoms with Crippen molar-refractivity contribution in [1.82, 2.24) is 10.1 Å². The third-order valence-electron chi connectivity index (χ3n) is 3.77. The number of anilines is 1. The monoisotopic (exact) mass is 293 g/mol. The molecule has 6 nitrogen and oxygen atoms in total. The van der Waals surface area contributed by atoms with E-state index in [1.54, 1.807) is 7.11 Å². The van der Waals surface area contributed by atoms with Crippen LogP contribution in [0.15, 0.2) is 22.7 Å². The molecule has 0 aliphatic carbocycles. The van der Waals surface area contributed by atoms with Crippen LogP contribution in [0.2, 0.25) is 0 Å². The summed E-state index contributed by atoms with van der Waals surface area (Å²) in [5, 5.41) is 3.99. The molecule has 0 bridgehead atoms. The molecule has 0 amide bonds. The summed E-state index contributed by atoms with van der Waals surface area (Å²) >= 11 is 0. The van der Waals surface area contributed by atoms with Crippen LogP contribution in [0.5, 0.6) is 0 Å². The number of nitrogens with zero attached hydrogens (tertiary/aromatic N) is 2. The van der Waals surface area contributed by atoms with E-state index in [9.17, 15) is 4.39 Å². The largest absolute Gasteiger partial charge is 0.398 e. The normalized spacial score (nSPS) is 17.8. The van der Waals surface area contributed by atoms with Crippen molar-refractivity contribution in [2.24, 2.45) is 0 Å². The zero-order valence-electron chi connectivity index (χ0n) is 11.6. The van der Waals surface area contributed by atoms with Crippen molar-refractivity contribution in [2.45, 2.75) is 18.4 Å². The Hall–Kier alpha value is -1.99. The lowest BCUT2D eigenvalue weighted by Gasteiger charge is -2.32. The Morgan fingerprint density at radius 1 is 1.33 bits per heavy atom. The van der Waals surface area contributed by atoms with Crippen LogP contribution in [-0.4, -0.2) is 30.5 Å². The summed E-state index contributed by atoms with van der Waals surface area (Å²) in [4.78, 5) is 4.34. The molecule has 1 aliphatic rings. The highest BCUT2D eigenvalue weighted by Crippen LogP contribution is 2.35. The molecule has 2 aromatic rings. The summed E-state index contributed by atoms with van der Waals surface area (Å²) in [5.41, 5.74) is 5.97. The van der Waals surface area contributed by atoms with Crippen molar-refractivity contribution < 1.29 is 18.4 Å². The van der Waals surface area contributed by atoms with Gasteiger partial charge >= 0.3 is 0 Å². The first-order valence-corrected chi connectivity index (χ1v) is 6.67. The van der Waals surface area contributed by atoms with Gasteiger partial charge in [0.05, 0.1) is 5.56 Å². The molecule has 1 aromatic carbocycles. The minimum absolute atomic E-state index is 0.185. The van der Waals surface area contributed by atoms with Gasteiger partial charge in [0.1, 0.15) is 11.4 Å². The molecule has 0 saturated carbocycles. The number of nitrogens with two attached hydrogens (primary N) is 1. The summed E-state index contributed by atoms with van der Waals surface area (Å²) in [6.45, 7) is 1.14. The van der Waals surface area contributed by atoms with E-state index in [2.05, 4.69) is 10.1 Å².